The van der Waals surface area contributed by atoms with Crippen LogP contribution in [0.15, 0.2) is 29.4 Å². The number of aromatic nitrogens is 2. The second-order valence-corrected chi connectivity index (χ2v) is 8.01. The van der Waals surface area contributed by atoms with Gasteiger partial charge in [0.2, 0.25) is 0 Å². The summed E-state index contributed by atoms with van der Waals surface area (Å²) < 4.78 is 35.3. The number of nitrogens with one attached hydrogen (secondary N) is 1. The zero-order valence-electron chi connectivity index (χ0n) is 19.2. The summed E-state index contributed by atoms with van der Waals surface area (Å²) in [5, 5.41) is 6.95. The lowest BCUT2D eigenvalue weighted by atomic mass is 10.0. The van der Waals surface area contributed by atoms with Crippen LogP contribution in [0.4, 0.5) is 4.39 Å². The van der Waals surface area contributed by atoms with Crippen LogP contribution in [0.25, 0.3) is 0 Å². The Bertz CT molecular complexity index is 1060. The molecule has 2 aliphatic rings. The molecule has 11 heteroatoms. The number of hydrogen-bond donors (Lipinski definition) is 1. The van der Waals surface area contributed by atoms with Gasteiger partial charge in [0.25, 0.3) is 5.91 Å². The maximum atomic E-state index is 13.6. The minimum Gasteiger partial charge on any atom is -0.494 e. The highest BCUT2D eigenvalue weighted by Crippen LogP contribution is 2.23. The number of carbonyl (C=O) groups is 1. The van der Waals surface area contributed by atoms with Crippen molar-refractivity contribution in [1.82, 2.24) is 15.3 Å². The Hall–Kier alpha value is -3.15. The number of nitrogens with zero attached hydrogens (tertiary/aromatic N) is 3. The zero-order valence-corrected chi connectivity index (χ0v) is 19.2. The maximum Gasteiger partial charge on any atom is 0.270 e. The maximum absolute atomic E-state index is 13.6. The Morgan fingerprint density at radius 1 is 1.18 bits per heavy atom. The highest BCUT2D eigenvalue weighted by molar-refractivity contribution is 6.02. The molecule has 10 nitrogen and oxygen atoms in total. The fourth-order valence-electron chi connectivity index (χ4n) is 3.72. The van der Waals surface area contributed by atoms with Gasteiger partial charge in [-0.1, -0.05) is 11.2 Å². The van der Waals surface area contributed by atoms with Crippen LogP contribution in [0.5, 0.6) is 5.75 Å². The molecule has 1 aromatic carbocycles. The van der Waals surface area contributed by atoms with Gasteiger partial charge in [0, 0.05) is 20.1 Å². The lowest BCUT2D eigenvalue weighted by molar-refractivity contribution is -0.181. The molecule has 2 aliphatic heterocycles. The van der Waals surface area contributed by atoms with Crippen molar-refractivity contribution in [3.05, 3.63) is 52.9 Å². The van der Waals surface area contributed by atoms with E-state index in [2.05, 4.69) is 20.4 Å². The van der Waals surface area contributed by atoms with Crippen LogP contribution in [-0.2, 0) is 25.6 Å². The molecule has 1 aromatic heterocycles. The predicted octanol–water partition coefficient (Wildman–Crippen LogP) is 1.79. The van der Waals surface area contributed by atoms with Crippen LogP contribution in [0, 0.1) is 12.7 Å². The molecule has 0 bridgehead atoms. The van der Waals surface area contributed by atoms with Crippen LogP contribution >= 0.6 is 0 Å². The Labute approximate surface area is 196 Å². The van der Waals surface area contributed by atoms with E-state index in [9.17, 15) is 9.18 Å². The zero-order chi connectivity index (χ0) is 24.1. The fraction of sp³-hybridized carbons (Fsp3) is 0.478. The first-order valence-electron chi connectivity index (χ1n) is 10.9. The van der Waals surface area contributed by atoms with Gasteiger partial charge in [0.1, 0.15) is 29.4 Å². The van der Waals surface area contributed by atoms with Crippen molar-refractivity contribution in [2.24, 2.45) is 5.16 Å². The van der Waals surface area contributed by atoms with Crippen molar-refractivity contribution < 1.29 is 33.0 Å². The molecule has 1 N–H and O–H groups in total. The molecule has 3 atom stereocenters. The summed E-state index contributed by atoms with van der Waals surface area (Å²) in [6.45, 7) is 3.16. The predicted molar refractivity (Wildman–Crippen MR) is 118 cm³/mol. The van der Waals surface area contributed by atoms with Crippen LogP contribution in [0.3, 0.4) is 0 Å². The monoisotopic (exact) mass is 474 g/mol. The standard InChI is InChI=1S/C23H27FN4O6/c1-13-26-17(18-8-21(34-28-18)22-12-32-15(10-30-2)11-33-22)7-19(27-13)23(29)25-9-14-4-5-16(24)20(6-14)31-3/h4-7,15,21-22H,8-12H2,1-3H3,(H,25,29)/t15-,21-,22-/m1/s1. The number of carbonyl (C=O) groups excluding carboxylic acids is 1. The van der Waals surface area contributed by atoms with Gasteiger partial charge in [-0.25, -0.2) is 14.4 Å². The summed E-state index contributed by atoms with van der Waals surface area (Å²) >= 11 is 0. The molecule has 0 radical (unpaired) electrons. The second-order valence-electron chi connectivity index (χ2n) is 8.01. The number of oxime groups is 1. The van der Waals surface area contributed by atoms with E-state index in [1.54, 1.807) is 26.2 Å². The van der Waals surface area contributed by atoms with Gasteiger partial charge in [0.05, 0.1) is 32.6 Å². The van der Waals surface area contributed by atoms with Gasteiger partial charge < -0.3 is 29.1 Å². The third kappa shape index (κ3) is 5.66. The number of aryl methyl sites for hydroxylation is 1. The summed E-state index contributed by atoms with van der Waals surface area (Å²) in [4.78, 5) is 27.0. The molecule has 1 saturated heterocycles. The topological polar surface area (TPSA) is 113 Å². The molecule has 0 saturated carbocycles. The lowest BCUT2D eigenvalue weighted by Gasteiger charge is -2.31. The van der Waals surface area contributed by atoms with Crippen LogP contribution in [-0.4, -0.2) is 73.9 Å². The Kier molecular flexibility index (Phi) is 7.66. The van der Waals surface area contributed by atoms with Gasteiger partial charge in [-0.05, 0) is 30.7 Å². The number of rotatable bonds is 8. The van der Waals surface area contributed by atoms with Crippen LogP contribution in [0.2, 0.25) is 0 Å². The SMILES string of the molecule is COC[C@@H]1CO[C@@H]([C@H]2CC(c3cc(C(=O)NCc4ccc(F)c(OC)c4)nc(C)n3)=NO2)CO1. The summed E-state index contributed by atoms with van der Waals surface area (Å²) in [5.41, 5.74) is 2.01. The molecular formula is C23H27FN4O6. The summed E-state index contributed by atoms with van der Waals surface area (Å²) in [6.07, 6.45) is -0.188. The molecule has 1 amide bonds. The molecule has 4 rings (SSSR count). The van der Waals surface area contributed by atoms with Gasteiger partial charge >= 0.3 is 0 Å². The van der Waals surface area contributed by atoms with Gasteiger partial charge in [-0.15, -0.1) is 0 Å². The Morgan fingerprint density at radius 2 is 2.03 bits per heavy atom. The largest absolute Gasteiger partial charge is 0.494 e. The van der Waals surface area contributed by atoms with Gasteiger partial charge in [-0.3, -0.25) is 4.79 Å². The Morgan fingerprint density at radius 3 is 2.76 bits per heavy atom. The van der Waals surface area contributed by atoms with E-state index < -0.39 is 5.82 Å². The van der Waals surface area contributed by atoms with E-state index in [-0.39, 0.29) is 42.2 Å². The average molecular weight is 474 g/mol. The first-order valence-corrected chi connectivity index (χ1v) is 10.9. The van der Waals surface area contributed by atoms with E-state index in [4.69, 9.17) is 23.8 Å². The van der Waals surface area contributed by atoms with E-state index in [1.807, 2.05) is 0 Å². The molecule has 0 spiro atoms. The van der Waals surface area contributed by atoms with Crippen LogP contribution in [0.1, 0.15) is 34.0 Å². The summed E-state index contributed by atoms with van der Waals surface area (Å²) in [6, 6.07) is 5.98. The number of halogens is 1. The van der Waals surface area contributed by atoms with Crippen LogP contribution < -0.4 is 10.1 Å². The molecule has 3 heterocycles. The van der Waals surface area contributed by atoms with E-state index in [0.29, 0.717) is 49.0 Å². The first kappa shape index (κ1) is 24.0. The molecule has 1 fully saturated rings. The number of amides is 1. The van der Waals surface area contributed by atoms with Gasteiger partial charge in [0.15, 0.2) is 17.7 Å². The quantitative estimate of drug-likeness (QED) is 0.616. The van der Waals surface area contributed by atoms with E-state index >= 15 is 0 Å². The average Bonchev–Trinajstić information content (AvgIpc) is 3.34. The highest BCUT2D eigenvalue weighted by atomic mass is 19.1. The smallest absolute Gasteiger partial charge is 0.270 e. The minimum atomic E-state index is -0.466. The molecule has 182 valence electrons. The normalized spacial score (nSPS) is 22.1. The molecule has 0 aliphatic carbocycles. The lowest BCUT2D eigenvalue weighted by Crippen LogP contribution is -2.44. The fourth-order valence-corrected chi connectivity index (χ4v) is 3.72. The third-order valence-electron chi connectivity index (χ3n) is 5.49. The second kappa shape index (κ2) is 10.9. The van der Waals surface area contributed by atoms with Crippen molar-refractivity contribution in [1.29, 1.82) is 0 Å². The summed E-state index contributed by atoms with van der Waals surface area (Å²) in [7, 11) is 3.01. The van der Waals surface area contributed by atoms with Crippen molar-refractivity contribution in [2.45, 2.75) is 38.2 Å². The first-order chi connectivity index (χ1) is 16.5. The third-order valence-corrected chi connectivity index (χ3v) is 5.49. The molecular weight excluding hydrogens is 447 g/mol. The van der Waals surface area contributed by atoms with Crippen molar-refractivity contribution in [2.75, 3.05) is 34.0 Å². The molecule has 0 unspecified atom stereocenters. The minimum absolute atomic E-state index is 0.0929. The van der Waals surface area contributed by atoms with Crippen molar-refractivity contribution in [3.63, 3.8) is 0 Å². The van der Waals surface area contributed by atoms with Crippen molar-refractivity contribution >= 4 is 11.6 Å². The van der Waals surface area contributed by atoms with Crippen molar-refractivity contribution in [3.8, 4) is 5.75 Å². The number of hydrogen-bond acceptors (Lipinski definition) is 9. The number of methoxy groups -OCH3 is 2. The number of benzene rings is 1. The van der Waals surface area contributed by atoms with E-state index in [0.717, 1.165) is 0 Å². The molecule has 34 heavy (non-hydrogen) atoms. The van der Waals surface area contributed by atoms with E-state index in [1.165, 1.54) is 19.2 Å². The molecule has 2 aromatic rings. The Balaban J connectivity index is 1.37. The number of ether oxygens (including phenoxy) is 4. The summed E-state index contributed by atoms with van der Waals surface area (Å²) in [5.74, 6) is -0.315. The van der Waals surface area contributed by atoms with Gasteiger partial charge in [-0.2, -0.15) is 0 Å². The highest BCUT2D eigenvalue weighted by Gasteiger charge is 2.35.